The van der Waals surface area contributed by atoms with Crippen molar-refractivity contribution in [2.75, 3.05) is 13.4 Å². The molecule has 1 atom stereocenters. The lowest BCUT2D eigenvalue weighted by molar-refractivity contribution is -0.121. The van der Waals surface area contributed by atoms with Gasteiger partial charge in [0.15, 0.2) is 11.5 Å². The van der Waals surface area contributed by atoms with Crippen LogP contribution < -0.4 is 19.5 Å². The zero-order valence-electron chi connectivity index (χ0n) is 11.9. The van der Waals surface area contributed by atoms with Gasteiger partial charge in [0.2, 0.25) is 12.7 Å². The molecule has 0 saturated heterocycles. The second-order valence-electron chi connectivity index (χ2n) is 5.33. The molecule has 1 unspecified atom stereocenters. The number of hydrogen-bond donors (Lipinski definition) is 1. The molecule has 5 nitrogen and oxygen atoms in total. The zero-order valence-corrected chi connectivity index (χ0v) is 11.9. The second-order valence-corrected chi connectivity index (χ2v) is 5.33. The van der Waals surface area contributed by atoms with Crippen molar-refractivity contribution >= 4 is 5.91 Å². The van der Waals surface area contributed by atoms with E-state index in [9.17, 15) is 4.79 Å². The zero-order chi connectivity index (χ0) is 14.9. The first-order valence-corrected chi connectivity index (χ1v) is 7.19. The Labute approximate surface area is 127 Å². The van der Waals surface area contributed by atoms with Crippen LogP contribution in [0.2, 0.25) is 0 Å². The first-order chi connectivity index (χ1) is 10.8. The number of carbonyl (C=O) groups is 1. The third-order valence-corrected chi connectivity index (χ3v) is 3.84. The van der Waals surface area contributed by atoms with Crippen molar-refractivity contribution in [3.05, 3.63) is 53.6 Å². The number of hydrogen-bond acceptors (Lipinski definition) is 4. The van der Waals surface area contributed by atoms with Crippen molar-refractivity contribution in [2.24, 2.45) is 0 Å². The molecule has 0 bridgehead atoms. The standard InChI is InChI=1S/C17H15NO4/c19-17(8-11-5-6-15-16(7-11)22-10-21-15)18-13-9-20-14-4-2-1-3-12(13)14/h1-7,13H,8-10H2,(H,18,19). The summed E-state index contributed by atoms with van der Waals surface area (Å²) in [6.07, 6.45) is 0.301. The average molecular weight is 297 g/mol. The largest absolute Gasteiger partial charge is 0.491 e. The molecule has 0 fully saturated rings. The van der Waals surface area contributed by atoms with Gasteiger partial charge >= 0.3 is 0 Å². The number of para-hydroxylation sites is 1. The monoisotopic (exact) mass is 297 g/mol. The molecule has 0 spiro atoms. The van der Waals surface area contributed by atoms with E-state index in [2.05, 4.69) is 5.32 Å². The van der Waals surface area contributed by atoms with E-state index in [0.717, 1.165) is 22.6 Å². The van der Waals surface area contributed by atoms with Gasteiger partial charge in [0.25, 0.3) is 0 Å². The summed E-state index contributed by atoms with van der Waals surface area (Å²) in [5, 5.41) is 3.02. The van der Waals surface area contributed by atoms with Crippen LogP contribution in [0, 0.1) is 0 Å². The van der Waals surface area contributed by atoms with Crippen molar-refractivity contribution in [1.82, 2.24) is 5.32 Å². The highest BCUT2D eigenvalue weighted by molar-refractivity contribution is 5.79. The fourth-order valence-electron chi connectivity index (χ4n) is 2.76. The van der Waals surface area contributed by atoms with E-state index in [-0.39, 0.29) is 18.7 Å². The summed E-state index contributed by atoms with van der Waals surface area (Å²) in [5.74, 6) is 2.22. The van der Waals surface area contributed by atoms with Gasteiger partial charge in [-0.25, -0.2) is 0 Å². The van der Waals surface area contributed by atoms with Crippen molar-refractivity contribution in [3.63, 3.8) is 0 Å². The molecule has 2 heterocycles. The Balaban J connectivity index is 1.43. The van der Waals surface area contributed by atoms with Crippen LogP contribution in [0.1, 0.15) is 17.2 Å². The van der Waals surface area contributed by atoms with Gasteiger partial charge in [0.05, 0.1) is 12.5 Å². The number of carbonyl (C=O) groups excluding carboxylic acids is 1. The molecule has 2 aromatic rings. The molecule has 0 saturated carbocycles. The molecule has 1 amide bonds. The van der Waals surface area contributed by atoms with Crippen LogP contribution >= 0.6 is 0 Å². The lowest BCUT2D eigenvalue weighted by atomic mass is 10.1. The third kappa shape index (κ3) is 2.35. The van der Waals surface area contributed by atoms with Gasteiger partial charge in [-0.1, -0.05) is 24.3 Å². The molecule has 2 aromatic carbocycles. The van der Waals surface area contributed by atoms with Crippen molar-refractivity contribution < 1.29 is 19.0 Å². The van der Waals surface area contributed by atoms with Crippen LogP contribution in [-0.4, -0.2) is 19.3 Å². The highest BCUT2D eigenvalue weighted by Crippen LogP contribution is 2.33. The topological polar surface area (TPSA) is 56.8 Å². The minimum atomic E-state index is -0.0855. The normalized spacial score (nSPS) is 17.7. The molecule has 5 heteroatoms. The van der Waals surface area contributed by atoms with Gasteiger partial charge in [-0.2, -0.15) is 0 Å². The Hall–Kier alpha value is -2.69. The van der Waals surface area contributed by atoms with Gasteiger partial charge in [0.1, 0.15) is 12.4 Å². The Morgan fingerprint density at radius 3 is 2.86 bits per heavy atom. The molecular weight excluding hydrogens is 282 g/mol. The van der Waals surface area contributed by atoms with Crippen LogP contribution in [0.4, 0.5) is 0 Å². The molecule has 4 rings (SSSR count). The van der Waals surface area contributed by atoms with Crippen LogP contribution in [0.15, 0.2) is 42.5 Å². The van der Waals surface area contributed by atoms with Gasteiger partial charge < -0.3 is 19.5 Å². The van der Waals surface area contributed by atoms with Crippen LogP contribution in [0.3, 0.4) is 0 Å². The van der Waals surface area contributed by atoms with Crippen LogP contribution in [0.25, 0.3) is 0 Å². The highest BCUT2D eigenvalue weighted by atomic mass is 16.7. The molecule has 0 aromatic heterocycles. The maximum atomic E-state index is 12.2. The highest BCUT2D eigenvalue weighted by Gasteiger charge is 2.25. The summed E-state index contributed by atoms with van der Waals surface area (Å²) in [6, 6.07) is 13.2. The lowest BCUT2D eigenvalue weighted by Gasteiger charge is -2.12. The fourth-order valence-corrected chi connectivity index (χ4v) is 2.76. The van der Waals surface area contributed by atoms with Crippen LogP contribution in [0.5, 0.6) is 17.2 Å². The molecular formula is C17H15NO4. The Morgan fingerprint density at radius 2 is 1.91 bits per heavy atom. The molecule has 2 aliphatic rings. The maximum Gasteiger partial charge on any atom is 0.231 e. The Morgan fingerprint density at radius 1 is 1.05 bits per heavy atom. The summed E-state index contributed by atoms with van der Waals surface area (Å²) in [4.78, 5) is 12.2. The third-order valence-electron chi connectivity index (χ3n) is 3.84. The molecule has 2 aliphatic heterocycles. The number of benzene rings is 2. The van der Waals surface area contributed by atoms with Gasteiger partial charge in [-0.05, 0) is 23.8 Å². The van der Waals surface area contributed by atoms with E-state index < -0.39 is 0 Å². The first-order valence-electron chi connectivity index (χ1n) is 7.19. The van der Waals surface area contributed by atoms with Crippen molar-refractivity contribution in [1.29, 1.82) is 0 Å². The molecule has 0 radical (unpaired) electrons. The smallest absolute Gasteiger partial charge is 0.231 e. The Kier molecular flexibility index (Phi) is 3.11. The molecule has 1 N–H and O–H groups in total. The fraction of sp³-hybridized carbons (Fsp3) is 0.235. The van der Waals surface area contributed by atoms with Gasteiger partial charge in [-0.15, -0.1) is 0 Å². The van der Waals surface area contributed by atoms with Gasteiger partial charge in [0, 0.05) is 5.56 Å². The van der Waals surface area contributed by atoms with Crippen molar-refractivity contribution in [3.8, 4) is 17.2 Å². The predicted molar refractivity (Wildman–Crippen MR) is 79.1 cm³/mol. The summed E-state index contributed by atoms with van der Waals surface area (Å²) in [7, 11) is 0. The average Bonchev–Trinajstić information content (AvgIpc) is 3.14. The number of amides is 1. The van der Waals surface area contributed by atoms with E-state index in [0.29, 0.717) is 18.8 Å². The summed E-state index contributed by atoms with van der Waals surface area (Å²) >= 11 is 0. The van der Waals surface area contributed by atoms with Crippen molar-refractivity contribution in [2.45, 2.75) is 12.5 Å². The minimum Gasteiger partial charge on any atom is -0.491 e. The van der Waals surface area contributed by atoms with E-state index in [1.807, 2.05) is 42.5 Å². The lowest BCUT2D eigenvalue weighted by Crippen LogP contribution is -2.30. The van der Waals surface area contributed by atoms with E-state index in [1.54, 1.807) is 0 Å². The van der Waals surface area contributed by atoms with Crippen LogP contribution in [-0.2, 0) is 11.2 Å². The van der Waals surface area contributed by atoms with E-state index in [1.165, 1.54) is 0 Å². The maximum absolute atomic E-state index is 12.2. The molecule has 112 valence electrons. The SMILES string of the molecule is O=C(Cc1ccc2c(c1)OCO2)NC1COc2ccccc21. The summed E-state index contributed by atoms with van der Waals surface area (Å²) < 4.78 is 16.2. The predicted octanol–water partition coefficient (Wildman–Crippen LogP) is 2.21. The minimum absolute atomic E-state index is 0.0378. The summed E-state index contributed by atoms with van der Waals surface area (Å²) in [6.45, 7) is 0.716. The number of nitrogens with one attached hydrogen (secondary N) is 1. The number of rotatable bonds is 3. The first kappa shape index (κ1) is 13.0. The molecule has 22 heavy (non-hydrogen) atoms. The second kappa shape index (κ2) is 5.26. The number of fused-ring (bicyclic) bond motifs is 2. The quantitative estimate of drug-likeness (QED) is 0.943. The summed E-state index contributed by atoms with van der Waals surface area (Å²) in [5.41, 5.74) is 1.93. The van der Waals surface area contributed by atoms with E-state index >= 15 is 0 Å². The number of ether oxygens (including phenoxy) is 3. The van der Waals surface area contributed by atoms with E-state index in [4.69, 9.17) is 14.2 Å². The van der Waals surface area contributed by atoms with Gasteiger partial charge in [-0.3, -0.25) is 4.79 Å². The molecule has 0 aliphatic carbocycles. The Bertz CT molecular complexity index is 728.